The van der Waals surface area contributed by atoms with Gasteiger partial charge in [0.1, 0.15) is 5.75 Å². The van der Waals surface area contributed by atoms with E-state index in [0.717, 1.165) is 30.5 Å². The number of nitrogens with zero attached hydrogens (tertiary/aromatic N) is 2. The number of hydrogen-bond donors (Lipinski definition) is 2. The molecule has 0 spiro atoms. The monoisotopic (exact) mass is 468 g/mol. The van der Waals surface area contributed by atoms with E-state index in [-0.39, 0.29) is 5.41 Å². The lowest BCUT2D eigenvalue weighted by molar-refractivity contribution is -0.394. The minimum absolute atomic E-state index is 0.00381. The van der Waals surface area contributed by atoms with Crippen LogP contribution in [-0.4, -0.2) is 26.0 Å². The van der Waals surface area contributed by atoms with E-state index >= 15 is 0 Å². The van der Waals surface area contributed by atoms with Crippen LogP contribution in [0.4, 0.5) is 11.4 Å². The largest absolute Gasteiger partial charge is 0.508 e. The van der Waals surface area contributed by atoms with Gasteiger partial charge in [0, 0.05) is 17.5 Å². The molecule has 0 saturated carbocycles. The molecule has 1 unspecified atom stereocenters. The Morgan fingerprint density at radius 2 is 1.59 bits per heavy atom. The van der Waals surface area contributed by atoms with Crippen molar-refractivity contribution >= 4 is 23.4 Å². The Bertz CT molecular complexity index is 1020. The fourth-order valence-electron chi connectivity index (χ4n) is 2.73. The smallest absolute Gasteiger partial charge is 0.336 e. The molecule has 180 valence electrons. The number of nitro groups is 2. The number of allylic oxidation sites excluding steroid dienone is 4. The maximum absolute atomic E-state index is 10.5. The molecule has 0 aliphatic heterocycles. The van der Waals surface area contributed by atoms with Crippen molar-refractivity contribution in [3.8, 4) is 5.75 Å². The Morgan fingerprint density at radius 1 is 1.06 bits per heavy atom. The number of phenolic OH excluding ortho intramolecular Hbond substituents is 1. The van der Waals surface area contributed by atoms with Crippen molar-refractivity contribution in [1.82, 2.24) is 0 Å². The predicted molar refractivity (Wildman–Crippen MR) is 131 cm³/mol. The van der Waals surface area contributed by atoms with Gasteiger partial charge in [0.05, 0.1) is 21.5 Å². The summed E-state index contributed by atoms with van der Waals surface area (Å²) in [5.74, 6) is -1.16. The molecule has 0 fully saturated rings. The molecular formula is C25H28N2O7. The fraction of sp³-hybridized carbons (Fsp3) is 0.240. The van der Waals surface area contributed by atoms with Crippen molar-refractivity contribution in [2.45, 2.75) is 33.6 Å². The summed E-state index contributed by atoms with van der Waals surface area (Å²) in [7, 11) is 0. The highest BCUT2D eigenvalue weighted by molar-refractivity contribution is 5.89. The van der Waals surface area contributed by atoms with Gasteiger partial charge in [0.15, 0.2) is 0 Å². The molecule has 9 heteroatoms. The predicted octanol–water partition coefficient (Wildman–Crippen LogP) is 6.55. The van der Waals surface area contributed by atoms with Crippen LogP contribution in [0.15, 0.2) is 72.8 Å². The molecule has 1 atom stereocenters. The average molecular weight is 469 g/mol. The van der Waals surface area contributed by atoms with E-state index in [2.05, 4.69) is 45.6 Å². The van der Waals surface area contributed by atoms with Gasteiger partial charge in [-0.05, 0) is 44.4 Å². The number of benzene rings is 2. The molecular weight excluding hydrogens is 440 g/mol. The Kier molecular flexibility index (Phi) is 10.4. The van der Waals surface area contributed by atoms with Crippen LogP contribution in [0.5, 0.6) is 5.75 Å². The molecule has 0 radical (unpaired) electrons. The zero-order valence-electron chi connectivity index (χ0n) is 19.3. The molecule has 9 nitrogen and oxygen atoms in total. The zero-order valence-corrected chi connectivity index (χ0v) is 19.3. The van der Waals surface area contributed by atoms with Gasteiger partial charge in [-0.1, -0.05) is 48.9 Å². The van der Waals surface area contributed by atoms with Gasteiger partial charge in [0.2, 0.25) is 0 Å². The van der Waals surface area contributed by atoms with Crippen LogP contribution < -0.4 is 0 Å². The van der Waals surface area contributed by atoms with Gasteiger partial charge >= 0.3 is 5.97 Å². The second-order valence-corrected chi connectivity index (χ2v) is 8.01. The Balaban J connectivity index is 0.000000350. The van der Waals surface area contributed by atoms with Gasteiger partial charge < -0.3 is 10.2 Å². The van der Waals surface area contributed by atoms with E-state index in [0.29, 0.717) is 11.8 Å². The number of non-ortho nitro benzene ring substituents is 2. The molecule has 2 aromatic rings. The summed E-state index contributed by atoms with van der Waals surface area (Å²) in [5, 5.41) is 38.5. The van der Waals surface area contributed by atoms with Crippen molar-refractivity contribution in [3.05, 3.63) is 104 Å². The standard InChI is InChI=1S/C18H24O.C7H4N2O6/c1-5-18(4,13-6-7-15(2)3)14-12-16-8-10-17(19)11-9-16;10-7(11)4-1-5(8(12)13)3-6(2-4)9(14)15/h5,7-12,14,19H,1,6,13H2,2-4H3;1-3H,(H,10,11). The minimum Gasteiger partial charge on any atom is -0.508 e. The van der Waals surface area contributed by atoms with E-state index in [1.54, 1.807) is 12.1 Å². The maximum Gasteiger partial charge on any atom is 0.336 e. The lowest BCUT2D eigenvalue weighted by Crippen LogP contribution is -2.08. The van der Waals surface area contributed by atoms with Crippen LogP contribution >= 0.6 is 0 Å². The molecule has 0 saturated heterocycles. The number of nitro benzene ring substituents is 2. The molecule has 0 aliphatic rings. The topological polar surface area (TPSA) is 144 Å². The van der Waals surface area contributed by atoms with Crippen molar-refractivity contribution < 1.29 is 24.9 Å². The van der Waals surface area contributed by atoms with Gasteiger partial charge in [-0.3, -0.25) is 20.2 Å². The van der Waals surface area contributed by atoms with Crippen LogP contribution in [0.3, 0.4) is 0 Å². The summed E-state index contributed by atoms with van der Waals surface area (Å²) in [5.41, 5.74) is 0.713. The minimum atomic E-state index is -1.46. The summed E-state index contributed by atoms with van der Waals surface area (Å²) < 4.78 is 0. The fourth-order valence-corrected chi connectivity index (χ4v) is 2.73. The van der Waals surface area contributed by atoms with E-state index in [4.69, 9.17) is 5.11 Å². The summed E-state index contributed by atoms with van der Waals surface area (Å²) in [6.45, 7) is 10.4. The lowest BCUT2D eigenvalue weighted by Gasteiger charge is -2.20. The maximum atomic E-state index is 10.5. The van der Waals surface area contributed by atoms with E-state index in [1.807, 2.05) is 18.2 Å². The third-order valence-corrected chi connectivity index (χ3v) is 4.82. The van der Waals surface area contributed by atoms with Crippen LogP contribution in [0, 0.1) is 25.6 Å². The van der Waals surface area contributed by atoms with Crippen LogP contribution in [0.2, 0.25) is 0 Å². The number of carboxylic acid groups (broad SMARTS) is 1. The van der Waals surface area contributed by atoms with E-state index in [9.17, 15) is 30.1 Å². The Labute approximate surface area is 197 Å². The number of aromatic hydroxyl groups is 1. The first-order chi connectivity index (χ1) is 15.9. The van der Waals surface area contributed by atoms with Crippen LogP contribution in [-0.2, 0) is 0 Å². The molecule has 2 N–H and O–H groups in total. The zero-order chi connectivity index (χ0) is 25.9. The molecule has 0 aromatic heterocycles. The van der Waals surface area contributed by atoms with Gasteiger partial charge in [-0.2, -0.15) is 0 Å². The number of rotatable bonds is 9. The summed E-state index contributed by atoms with van der Waals surface area (Å²) in [6.07, 6.45) is 10.6. The van der Waals surface area contributed by atoms with Crippen molar-refractivity contribution in [2.75, 3.05) is 0 Å². The molecule has 34 heavy (non-hydrogen) atoms. The third kappa shape index (κ3) is 9.47. The van der Waals surface area contributed by atoms with Crippen molar-refractivity contribution in [3.63, 3.8) is 0 Å². The number of hydrogen-bond acceptors (Lipinski definition) is 6. The van der Waals surface area contributed by atoms with Crippen LogP contribution in [0.25, 0.3) is 6.08 Å². The average Bonchev–Trinajstić information content (AvgIpc) is 2.78. The summed E-state index contributed by atoms with van der Waals surface area (Å²) >= 11 is 0. The van der Waals surface area contributed by atoms with Crippen molar-refractivity contribution in [1.29, 1.82) is 0 Å². The second kappa shape index (κ2) is 12.7. The normalized spacial score (nSPS) is 12.1. The number of carbonyl (C=O) groups is 1. The van der Waals surface area contributed by atoms with E-state index in [1.165, 1.54) is 5.57 Å². The highest BCUT2D eigenvalue weighted by Gasteiger charge is 2.19. The van der Waals surface area contributed by atoms with Crippen LogP contribution in [0.1, 0.15) is 49.5 Å². The van der Waals surface area contributed by atoms with Gasteiger partial charge in [0.25, 0.3) is 11.4 Å². The number of carboxylic acids is 1. The number of aromatic carboxylic acids is 1. The third-order valence-electron chi connectivity index (χ3n) is 4.82. The molecule has 2 aromatic carbocycles. The first-order valence-corrected chi connectivity index (χ1v) is 10.3. The molecule has 2 rings (SSSR count). The van der Waals surface area contributed by atoms with Gasteiger partial charge in [-0.15, -0.1) is 6.58 Å². The second-order valence-electron chi connectivity index (χ2n) is 8.01. The van der Waals surface area contributed by atoms with Crippen molar-refractivity contribution in [2.24, 2.45) is 5.41 Å². The quantitative estimate of drug-likeness (QED) is 0.241. The summed E-state index contributed by atoms with van der Waals surface area (Å²) in [6, 6.07) is 9.44. The Hall–Kier alpha value is -4.27. The first kappa shape index (κ1) is 27.8. The Morgan fingerprint density at radius 3 is 2.00 bits per heavy atom. The highest BCUT2D eigenvalue weighted by Crippen LogP contribution is 2.28. The lowest BCUT2D eigenvalue weighted by atomic mass is 9.84. The van der Waals surface area contributed by atoms with Gasteiger partial charge in [-0.25, -0.2) is 4.79 Å². The number of phenols is 1. The molecule has 0 aliphatic carbocycles. The SMILES string of the molecule is C=CC(C)(C=Cc1ccc(O)cc1)CCC=C(C)C.O=C(O)c1cc([N+](=O)[O-])cc([N+](=O)[O-])c1. The molecule has 0 bridgehead atoms. The molecule has 0 amide bonds. The first-order valence-electron chi connectivity index (χ1n) is 10.3. The highest BCUT2D eigenvalue weighted by atomic mass is 16.6. The summed E-state index contributed by atoms with van der Waals surface area (Å²) in [4.78, 5) is 29.4. The molecule has 0 heterocycles. The van der Waals surface area contributed by atoms with E-state index < -0.39 is 32.8 Å².